The van der Waals surface area contributed by atoms with E-state index in [1.165, 1.54) is 19.2 Å². The predicted molar refractivity (Wildman–Crippen MR) is 86.3 cm³/mol. The fraction of sp³-hybridized carbons (Fsp3) is 0.333. The van der Waals surface area contributed by atoms with E-state index in [-0.39, 0.29) is 6.61 Å². The Bertz CT molecular complexity index is 719. The summed E-state index contributed by atoms with van der Waals surface area (Å²) in [4.78, 5) is 24.7. The number of hydrogen-bond donors (Lipinski definition) is 1. The van der Waals surface area contributed by atoms with Gasteiger partial charge in [0.2, 0.25) is 0 Å². The summed E-state index contributed by atoms with van der Waals surface area (Å²) in [5, 5.41) is 3.03. The Labute approximate surface area is 140 Å². The molecule has 0 radical (unpaired) electrons. The second-order valence-electron chi connectivity index (χ2n) is 5.40. The second kappa shape index (κ2) is 7.29. The molecule has 0 aromatic heterocycles. The number of allylic oxidation sites excluding steroid dienone is 2. The van der Waals surface area contributed by atoms with Gasteiger partial charge in [-0.05, 0) is 38.5 Å². The van der Waals surface area contributed by atoms with Gasteiger partial charge in [0.25, 0.3) is 0 Å². The summed E-state index contributed by atoms with van der Waals surface area (Å²) in [5.41, 5.74) is 2.40. The monoisotopic (exact) mass is 333 g/mol. The summed E-state index contributed by atoms with van der Waals surface area (Å²) >= 11 is 0. The van der Waals surface area contributed by atoms with Gasteiger partial charge in [-0.3, -0.25) is 0 Å². The van der Waals surface area contributed by atoms with E-state index in [1.807, 2.05) is 0 Å². The van der Waals surface area contributed by atoms with Gasteiger partial charge in [-0.2, -0.15) is 0 Å². The maximum Gasteiger partial charge on any atom is 0.336 e. The summed E-state index contributed by atoms with van der Waals surface area (Å²) in [7, 11) is 1.28. The fourth-order valence-corrected chi connectivity index (χ4v) is 2.84. The first-order chi connectivity index (χ1) is 11.4. The van der Waals surface area contributed by atoms with E-state index in [0.29, 0.717) is 28.1 Å². The molecule has 6 heteroatoms. The van der Waals surface area contributed by atoms with E-state index in [2.05, 4.69) is 5.32 Å². The van der Waals surface area contributed by atoms with Crippen molar-refractivity contribution < 1.29 is 23.5 Å². The largest absolute Gasteiger partial charge is 0.466 e. The van der Waals surface area contributed by atoms with Crippen LogP contribution in [0.25, 0.3) is 0 Å². The molecule has 1 aliphatic heterocycles. The number of benzene rings is 1. The van der Waals surface area contributed by atoms with Crippen molar-refractivity contribution in [1.82, 2.24) is 5.32 Å². The highest BCUT2D eigenvalue weighted by atomic mass is 19.1. The molecule has 128 valence electrons. The van der Waals surface area contributed by atoms with Crippen LogP contribution in [0.15, 0.2) is 46.8 Å². The van der Waals surface area contributed by atoms with Crippen LogP contribution in [0, 0.1) is 5.82 Å². The summed E-state index contributed by atoms with van der Waals surface area (Å²) in [6.45, 7) is 5.38. The number of dihydropyridines is 1. The first-order valence-corrected chi connectivity index (χ1v) is 7.60. The van der Waals surface area contributed by atoms with Gasteiger partial charge >= 0.3 is 11.9 Å². The number of carbonyl (C=O) groups is 2. The number of ether oxygens (including phenoxy) is 2. The average Bonchev–Trinajstić information content (AvgIpc) is 2.54. The van der Waals surface area contributed by atoms with Gasteiger partial charge in [0, 0.05) is 11.4 Å². The zero-order valence-corrected chi connectivity index (χ0v) is 14.1. The molecule has 1 heterocycles. The standard InChI is InChI=1S/C18H20FNO4/c1-5-24-18(22)15-11(3)20-10(2)14(17(21)23-4)16(15)12-6-8-13(19)9-7-12/h6-9,16,20H,5H2,1-4H3/t16-/m0/s1. The van der Waals surface area contributed by atoms with Crippen LogP contribution in [-0.2, 0) is 19.1 Å². The highest BCUT2D eigenvalue weighted by Gasteiger charge is 2.37. The third kappa shape index (κ3) is 3.32. The van der Waals surface area contributed by atoms with Crippen LogP contribution in [0.4, 0.5) is 4.39 Å². The van der Waals surface area contributed by atoms with Gasteiger partial charge in [-0.25, -0.2) is 14.0 Å². The third-order valence-corrected chi connectivity index (χ3v) is 3.86. The minimum Gasteiger partial charge on any atom is -0.466 e. The first kappa shape index (κ1) is 17.7. The molecule has 0 amide bonds. The molecule has 24 heavy (non-hydrogen) atoms. The minimum absolute atomic E-state index is 0.210. The van der Waals surface area contributed by atoms with E-state index >= 15 is 0 Å². The van der Waals surface area contributed by atoms with Crippen molar-refractivity contribution in [1.29, 1.82) is 0 Å². The lowest BCUT2D eigenvalue weighted by Crippen LogP contribution is -2.32. The lowest BCUT2D eigenvalue weighted by Gasteiger charge is -2.30. The molecule has 0 fully saturated rings. The van der Waals surface area contributed by atoms with Crippen LogP contribution in [0.3, 0.4) is 0 Å². The van der Waals surface area contributed by atoms with Crippen LogP contribution < -0.4 is 5.32 Å². The summed E-state index contributed by atoms with van der Waals surface area (Å²) in [6, 6.07) is 5.68. The van der Waals surface area contributed by atoms with Gasteiger partial charge < -0.3 is 14.8 Å². The quantitative estimate of drug-likeness (QED) is 0.859. The molecule has 1 aromatic carbocycles. The minimum atomic E-state index is -0.682. The second-order valence-corrected chi connectivity index (χ2v) is 5.40. The lowest BCUT2D eigenvalue weighted by atomic mass is 9.80. The highest BCUT2D eigenvalue weighted by molar-refractivity contribution is 5.99. The molecule has 0 unspecified atom stereocenters. The number of rotatable bonds is 4. The summed E-state index contributed by atoms with van der Waals surface area (Å²) in [6.07, 6.45) is 0. The van der Waals surface area contributed by atoms with Crippen molar-refractivity contribution in [2.45, 2.75) is 26.7 Å². The molecule has 1 atom stereocenters. The molecule has 5 nitrogen and oxygen atoms in total. The summed E-state index contributed by atoms with van der Waals surface area (Å²) in [5.74, 6) is -2.15. The number of halogens is 1. The number of carbonyl (C=O) groups excluding carboxylic acids is 2. The topological polar surface area (TPSA) is 64.6 Å². The Hall–Kier alpha value is -2.63. The maximum atomic E-state index is 13.3. The maximum absolute atomic E-state index is 13.3. The molecule has 2 rings (SSSR count). The van der Waals surface area contributed by atoms with Crippen molar-refractivity contribution >= 4 is 11.9 Å². The third-order valence-electron chi connectivity index (χ3n) is 3.86. The van der Waals surface area contributed by atoms with E-state index < -0.39 is 23.7 Å². The SMILES string of the molecule is CCOC(=O)C1=C(C)NC(C)=C(C(=O)OC)[C@@H]1c1ccc(F)cc1. The molecule has 1 N–H and O–H groups in total. The summed E-state index contributed by atoms with van der Waals surface area (Å²) < 4.78 is 23.3. The molecule has 0 saturated carbocycles. The number of nitrogens with one attached hydrogen (secondary N) is 1. The highest BCUT2D eigenvalue weighted by Crippen LogP contribution is 2.39. The molecule has 0 aliphatic carbocycles. The van der Waals surface area contributed by atoms with E-state index in [9.17, 15) is 14.0 Å². The van der Waals surface area contributed by atoms with E-state index in [4.69, 9.17) is 9.47 Å². The van der Waals surface area contributed by atoms with E-state index in [0.717, 1.165) is 0 Å². The predicted octanol–water partition coefficient (Wildman–Crippen LogP) is 2.80. The fourth-order valence-electron chi connectivity index (χ4n) is 2.84. The van der Waals surface area contributed by atoms with Crippen LogP contribution in [0.1, 0.15) is 32.3 Å². The number of methoxy groups -OCH3 is 1. The van der Waals surface area contributed by atoms with Crippen molar-refractivity contribution in [2.24, 2.45) is 0 Å². The lowest BCUT2D eigenvalue weighted by molar-refractivity contribution is -0.139. The Kier molecular flexibility index (Phi) is 5.39. The van der Waals surface area contributed by atoms with E-state index in [1.54, 1.807) is 32.9 Å². The van der Waals surface area contributed by atoms with Crippen LogP contribution in [0.2, 0.25) is 0 Å². The first-order valence-electron chi connectivity index (χ1n) is 7.60. The molecular formula is C18H20FNO4. The zero-order chi connectivity index (χ0) is 17.9. The molecule has 0 saturated heterocycles. The van der Waals surface area contributed by atoms with Crippen molar-refractivity contribution in [3.63, 3.8) is 0 Å². The van der Waals surface area contributed by atoms with Crippen LogP contribution in [-0.4, -0.2) is 25.7 Å². The Morgan fingerprint density at radius 3 is 2.12 bits per heavy atom. The number of hydrogen-bond acceptors (Lipinski definition) is 5. The van der Waals surface area contributed by atoms with Gasteiger partial charge in [0.1, 0.15) is 5.82 Å². The van der Waals surface area contributed by atoms with Gasteiger partial charge in [-0.15, -0.1) is 0 Å². The Balaban J connectivity index is 2.63. The van der Waals surface area contributed by atoms with Crippen molar-refractivity contribution in [3.8, 4) is 0 Å². The van der Waals surface area contributed by atoms with Crippen molar-refractivity contribution in [2.75, 3.05) is 13.7 Å². The van der Waals surface area contributed by atoms with Gasteiger partial charge in [0.05, 0.1) is 30.8 Å². The Morgan fingerprint density at radius 1 is 1.08 bits per heavy atom. The normalized spacial score (nSPS) is 17.5. The van der Waals surface area contributed by atoms with Crippen molar-refractivity contribution in [3.05, 3.63) is 58.2 Å². The van der Waals surface area contributed by atoms with Gasteiger partial charge in [-0.1, -0.05) is 12.1 Å². The smallest absolute Gasteiger partial charge is 0.336 e. The molecular weight excluding hydrogens is 313 g/mol. The molecule has 0 spiro atoms. The molecule has 1 aliphatic rings. The average molecular weight is 333 g/mol. The van der Waals surface area contributed by atoms with Crippen LogP contribution >= 0.6 is 0 Å². The number of esters is 2. The zero-order valence-electron chi connectivity index (χ0n) is 14.1. The molecule has 0 bridgehead atoms. The molecule has 1 aromatic rings. The van der Waals surface area contributed by atoms with Crippen LogP contribution in [0.5, 0.6) is 0 Å². The van der Waals surface area contributed by atoms with Gasteiger partial charge in [0.15, 0.2) is 0 Å². The Morgan fingerprint density at radius 2 is 1.62 bits per heavy atom.